The molecule has 0 saturated heterocycles. The van der Waals surface area contributed by atoms with E-state index >= 15 is 0 Å². The van der Waals surface area contributed by atoms with Gasteiger partial charge in [-0.15, -0.1) is 0 Å². The molecule has 1 rings (SSSR count). The Hall–Kier alpha value is -1.59. The lowest BCUT2D eigenvalue weighted by molar-refractivity contribution is -0.114. The van der Waals surface area contributed by atoms with Gasteiger partial charge in [0.15, 0.2) is 0 Å². The molecule has 5 nitrogen and oxygen atoms in total. The molecule has 0 aliphatic heterocycles. The third-order valence-electron chi connectivity index (χ3n) is 2.08. The van der Waals surface area contributed by atoms with Crippen LogP contribution in [0.15, 0.2) is 18.2 Å². The Bertz CT molecular complexity index is 446. The number of halogens is 1. The first kappa shape index (κ1) is 13.5. The summed E-state index contributed by atoms with van der Waals surface area (Å²) in [5, 5.41) is 2.89. The summed E-state index contributed by atoms with van der Waals surface area (Å²) in [5.74, 6) is -0.522. The van der Waals surface area contributed by atoms with Crippen LogP contribution in [0.5, 0.6) is 0 Å². The zero-order valence-corrected chi connectivity index (χ0v) is 10.4. The number of hydrogen-bond donors (Lipinski definition) is 2. The Labute approximate surface area is 105 Å². The minimum absolute atomic E-state index is 0.137. The van der Waals surface area contributed by atoms with Crippen LogP contribution < -0.4 is 11.1 Å². The predicted molar refractivity (Wildman–Crippen MR) is 67.2 cm³/mol. The largest absolute Gasteiger partial charge is 0.345 e. The molecule has 0 bridgehead atoms. The van der Waals surface area contributed by atoms with Gasteiger partial charge in [-0.1, -0.05) is 11.6 Å². The number of carbonyl (C=O) groups excluding carboxylic acids is 2. The van der Waals surface area contributed by atoms with Crippen molar-refractivity contribution in [3.05, 3.63) is 28.8 Å². The van der Waals surface area contributed by atoms with Crippen molar-refractivity contribution < 1.29 is 9.59 Å². The van der Waals surface area contributed by atoms with E-state index in [-0.39, 0.29) is 18.4 Å². The van der Waals surface area contributed by atoms with Crippen LogP contribution in [-0.4, -0.2) is 37.4 Å². The molecule has 0 spiro atoms. The molecule has 0 radical (unpaired) electrons. The molecule has 2 amide bonds. The predicted octanol–water partition coefficient (Wildman–Crippen LogP) is 0.939. The summed E-state index contributed by atoms with van der Waals surface area (Å²) in [6.07, 6.45) is 0. The minimum atomic E-state index is -0.360. The van der Waals surface area contributed by atoms with Crippen molar-refractivity contribution in [1.82, 2.24) is 4.90 Å². The second kappa shape index (κ2) is 5.65. The maximum Gasteiger partial charge on any atom is 0.253 e. The van der Waals surface area contributed by atoms with Crippen LogP contribution in [0.1, 0.15) is 10.4 Å². The average molecular weight is 256 g/mol. The van der Waals surface area contributed by atoms with E-state index < -0.39 is 0 Å². The van der Waals surface area contributed by atoms with E-state index in [0.29, 0.717) is 16.3 Å². The van der Waals surface area contributed by atoms with Crippen molar-refractivity contribution in [2.24, 2.45) is 5.73 Å². The van der Waals surface area contributed by atoms with E-state index in [4.69, 9.17) is 17.3 Å². The Morgan fingerprint density at radius 1 is 1.41 bits per heavy atom. The van der Waals surface area contributed by atoms with Gasteiger partial charge in [0.2, 0.25) is 5.91 Å². The summed E-state index contributed by atoms with van der Waals surface area (Å²) < 4.78 is 0. The number of benzene rings is 1. The molecule has 0 saturated carbocycles. The van der Waals surface area contributed by atoms with E-state index in [0.717, 1.165) is 0 Å². The summed E-state index contributed by atoms with van der Waals surface area (Å²) in [6, 6.07) is 4.69. The van der Waals surface area contributed by atoms with Crippen molar-refractivity contribution >= 4 is 29.1 Å². The molecular weight excluding hydrogens is 242 g/mol. The van der Waals surface area contributed by atoms with Crippen LogP contribution >= 0.6 is 11.6 Å². The van der Waals surface area contributed by atoms with Gasteiger partial charge in [-0.3, -0.25) is 9.59 Å². The first-order chi connectivity index (χ1) is 7.95. The first-order valence-corrected chi connectivity index (χ1v) is 5.34. The summed E-state index contributed by atoms with van der Waals surface area (Å²) in [7, 11) is 3.30. The molecule has 0 aliphatic rings. The highest BCUT2D eigenvalue weighted by molar-refractivity contribution is 6.33. The molecule has 1 aromatic carbocycles. The van der Waals surface area contributed by atoms with E-state index in [2.05, 4.69) is 5.32 Å². The minimum Gasteiger partial charge on any atom is -0.345 e. The Morgan fingerprint density at radius 3 is 2.59 bits per heavy atom. The van der Waals surface area contributed by atoms with Crippen molar-refractivity contribution in [2.75, 3.05) is 26.0 Å². The van der Waals surface area contributed by atoms with Crippen molar-refractivity contribution in [3.63, 3.8) is 0 Å². The number of rotatable bonds is 3. The highest BCUT2D eigenvalue weighted by Crippen LogP contribution is 2.23. The van der Waals surface area contributed by atoms with Crippen LogP contribution in [0.3, 0.4) is 0 Å². The van der Waals surface area contributed by atoms with Crippen LogP contribution in [-0.2, 0) is 4.79 Å². The quantitative estimate of drug-likeness (QED) is 0.844. The Balaban J connectivity index is 3.02. The lowest BCUT2D eigenvalue weighted by Gasteiger charge is -2.12. The second-order valence-electron chi connectivity index (χ2n) is 3.65. The number of nitrogens with zero attached hydrogens (tertiary/aromatic N) is 1. The van der Waals surface area contributed by atoms with Crippen molar-refractivity contribution in [3.8, 4) is 0 Å². The average Bonchev–Trinajstić information content (AvgIpc) is 2.30. The van der Waals surface area contributed by atoms with Crippen LogP contribution in [0.2, 0.25) is 5.02 Å². The SMILES string of the molecule is CN(C)C(=O)c1ccc(Cl)c(NC(=O)CN)c1. The fourth-order valence-electron chi connectivity index (χ4n) is 1.21. The Kier molecular flexibility index (Phi) is 4.48. The molecule has 0 aliphatic carbocycles. The van der Waals surface area contributed by atoms with Crippen molar-refractivity contribution in [1.29, 1.82) is 0 Å². The summed E-state index contributed by atoms with van der Waals surface area (Å²) >= 11 is 5.90. The Morgan fingerprint density at radius 2 is 2.06 bits per heavy atom. The van der Waals surface area contributed by atoms with Gasteiger partial charge in [-0.05, 0) is 18.2 Å². The van der Waals surface area contributed by atoms with Gasteiger partial charge in [0, 0.05) is 19.7 Å². The van der Waals surface area contributed by atoms with Crippen LogP contribution in [0, 0.1) is 0 Å². The molecule has 17 heavy (non-hydrogen) atoms. The summed E-state index contributed by atoms with van der Waals surface area (Å²) in [4.78, 5) is 24.3. The molecule has 0 atom stereocenters. The standard InChI is InChI=1S/C11H14ClN3O2/c1-15(2)11(17)7-3-4-8(12)9(5-7)14-10(16)6-13/h3-5H,6,13H2,1-2H3,(H,14,16). The third-order valence-corrected chi connectivity index (χ3v) is 2.41. The topological polar surface area (TPSA) is 75.4 Å². The molecular formula is C11H14ClN3O2. The maximum atomic E-state index is 11.7. The van der Waals surface area contributed by atoms with Gasteiger partial charge >= 0.3 is 0 Å². The van der Waals surface area contributed by atoms with Gasteiger partial charge < -0.3 is 16.0 Å². The summed E-state index contributed by atoms with van der Waals surface area (Å²) in [6.45, 7) is -0.137. The highest BCUT2D eigenvalue weighted by atomic mass is 35.5. The van der Waals surface area contributed by atoms with E-state index in [9.17, 15) is 9.59 Å². The first-order valence-electron chi connectivity index (χ1n) is 4.97. The monoisotopic (exact) mass is 255 g/mol. The van der Waals surface area contributed by atoms with Crippen LogP contribution in [0.25, 0.3) is 0 Å². The molecule has 6 heteroatoms. The number of hydrogen-bond acceptors (Lipinski definition) is 3. The normalized spacial score (nSPS) is 9.88. The third kappa shape index (κ3) is 3.44. The zero-order valence-electron chi connectivity index (χ0n) is 9.66. The van der Waals surface area contributed by atoms with E-state index in [1.165, 1.54) is 11.0 Å². The molecule has 3 N–H and O–H groups in total. The number of nitrogens with one attached hydrogen (secondary N) is 1. The number of carbonyl (C=O) groups is 2. The van der Waals surface area contributed by atoms with Gasteiger partial charge in [0.25, 0.3) is 5.91 Å². The fraction of sp³-hybridized carbons (Fsp3) is 0.273. The molecule has 0 fully saturated rings. The smallest absolute Gasteiger partial charge is 0.253 e. The number of anilines is 1. The molecule has 1 aromatic rings. The highest BCUT2D eigenvalue weighted by Gasteiger charge is 2.11. The maximum absolute atomic E-state index is 11.7. The van der Waals surface area contributed by atoms with Gasteiger partial charge in [0.1, 0.15) is 0 Å². The van der Waals surface area contributed by atoms with Gasteiger partial charge in [0.05, 0.1) is 17.3 Å². The second-order valence-corrected chi connectivity index (χ2v) is 4.05. The number of nitrogens with two attached hydrogens (primary N) is 1. The molecule has 0 aromatic heterocycles. The lowest BCUT2D eigenvalue weighted by Crippen LogP contribution is -2.23. The molecule has 0 heterocycles. The fourth-order valence-corrected chi connectivity index (χ4v) is 1.38. The van der Waals surface area contributed by atoms with Gasteiger partial charge in [-0.2, -0.15) is 0 Å². The van der Waals surface area contributed by atoms with Gasteiger partial charge in [-0.25, -0.2) is 0 Å². The zero-order chi connectivity index (χ0) is 13.0. The lowest BCUT2D eigenvalue weighted by atomic mass is 10.2. The van der Waals surface area contributed by atoms with E-state index in [1.54, 1.807) is 26.2 Å². The van der Waals surface area contributed by atoms with Crippen LogP contribution in [0.4, 0.5) is 5.69 Å². The van der Waals surface area contributed by atoms with E-state index in [1.807, 2.05) is 0 Å². The van der Waals surface area contributed by atoms with Crippen molar-refractivity contribution in [2.45, 2.75) is 0 Å². The molecule has 0 unspecified atom stereocenters. The number of amides is 2. The molecule has 92 valence electrons. The summed E-state index contributed by atoms with van der Waals surface area (Å²) in [5.41, 5.74) is 6.02.